The number of nitrogens with zero attached hydrogens (tertiary/aromatic N) is 2. The molecule has 1 amide bonds. The van der Waals surface area contributed by atoms with Crippen LogP contribution >= 0.6 is 0 Å². The van der Waals surface area contributed by atoms with Crippen molar-refractivity contribution in [3.05, 3.63) is 66.1 Å². The number of amides is 1. The summed E-state index contributed by atoms with van der Waals surface area (Å²) in [6.07, 6.45) is 1.35. The third-order valence-electron chi connectivity index (χ3n) is 3.87. The van der Waals surface area contributed by atoms with Crippen LogP contribution in [0.15, 0.2) is 54.9 Å². The SMILES string of the molecule is COc1ccc(NC(=O)c2cc(Nc3ccc(C)cc3)ncn2)cc1OC. The lowest BCUT2D eigenvalue weighted by molar-refractivity contribution is 0.102. The van der Waals surface area contributed by atoms with E-state index >= 15 is 0 Å². The van der Waals surface area contributed by atoms with E-state index < -0.39 is 0 Å². The molecule has 0 atom stereocenters. The summed E-state index contributed by atoms with van der Waals surface area (Å²) in [7, 11) is 3.09. The third kappa shape index (κ3) is 4.52. The molecule has 1 heterocycles. The van der Waals surface area contributed by atoms with Gasteiger partial charge < -0.3 is 20.1 Å². The fourth-order valence-electron chi connectivity index (χ4n) is 2.44. The van der Waals surface area contributed by atoms with Crippen molar-refractivity contribution in [3.8, 4) is 11.5 Å². The van der Waals surface area contributed by atoms with Crippen LogP contribution in [-0.2, 0) is 0 Å². The summed E-state index contributed by atoms with van der Waals surface area (Å²) in [5.74, 6) is 1.30. The highest BCUT2D eigenvalue weighted by molar-refractivity contribution is 6.03. The highest BCUT2D eigenvalue weighted by Crippen LogP contribution is 2.29. The second-order valence-electron chi connectivity index (χ2n) is 5.80. The van der Waals surface area contributed by atoms with Crippen LogP contribution in [0.5, 0.6) is 11.5 Å². The summed E-state index contributed by atoms with van der Waals surface area (Å²) >= 11 is 0. The molecule has 0 aliphatic rings. The lowest BCUT2D eigenvalue weighted by Crippen LogP contribution is -2.14. The number of ether oxygens (including phenoxy) is 2. The van der Waals surface area contributed by atoms with E-state index in [1.807, 2.05) is 31.2 Å². The average molecular weight is 364 g/mol. The molecule has 0 unspecified atom stereocenters. The van der Waals surface area contributed by atoms with Crippen molar-refractivity contribution in [1.29, 1.82) is 0 Å². The number of anilines is 3. The van der Waals surface area contributed by atoms with Crippen molar-refractivity contribution in [2.45, 2.75) is 6.92 Å². The second kappa shape index (κ2) is 8.18. The number of benzene rings is 2. The van der Waals surface area contributed by atoms with E-state index in [-0.39, 0.29) is 11.6 Å². The zero-order valence-electron chi connectivity index (χ0n) is 15.3. The first-order valence-corrected chi connectivity index (χ1v) is 8.28. The van der Waals surface area contributed by atoms with Gasteiger partial charge in [-0.3, -0.25) is 4.79 Å². The maximum atomic E-state index is 12.5. The number of methoxy groups -OCH3 is 2. The first-order chi connectivity index (χ1) is 13.1. The molecule has 0 bridgehead atoms. The summed E-state index contributed by atoms with van der Waals surface area (Å²) < 4.78 is 10.4. The predicted molar refractivity (Wildman–Crippen MR) is 104 cm³/mol. The number of carbonyl (C=O) groups is 1. The van der Waals surface area contributed by atoms with Crippen molar-refractivity contribution < 1.29 is 14.3 Å². The molecule has 3 rings (SSSR count). The fraction of sp³-hybridized carbons (Fsp3) is 0.150. The van der Waals surface area contributed by atoms with Gasteiger partial charge in [0.15, 0.2) is 11.5 Å². The predicted octanol–water partition coefficient (Wildman–Crippen LogP) is 3.80. The number of hydrogen-bond donors (Lipinski definition) is 2. The summed E-state index contributed by atoms with van der Waals surface area (Å²) in [4.78, 5) is 20.7. The van der Waals surface area contributed by atoms with Crippen molar-refractivity contribution in [2.75, 3.05) is 24.9 Å². The van der Waals surface area contributed by atoms with Gasteiger partial charge in [-0.05, 0) is 31.2 Å². The van der Waals surface area contributed by atoms with Crippen LogP contribution in [0.3, 0.4) is 0 Å². The fourth-order valence-corrected chi connectivity index (χ4v) is 2.44. The van der Waals surface area contributed by atoms with Crippen LogP contribution in [0, 0.1) is 6.92 Å². The van der Waals surface area contributed by atoms with Gasteiger partial charge in [0.05, 0.1) is 14.2 Å². The van der Waals surface area contributed by atoms with E-state index in [2.05, 4.69) is 20.6 Å². The number of nitrogens with one attached hydrogen (secondary N) is 2. The minimum Gasteiger partial charge on any atom is -0.493 e. The Kier molecular flexibility index (Phi) is 5.51. The normalized spacial score (nSPS) is 10.2. The Hall–Kier alpha value is -3.61. The van der Waals surface area contributed by atoms with Crippen LogP contribution in [0.4, 0.5) is 17.2 Å². The summed E-state index contributed by atoms with van der Waals surface area (Å²) in [6.45, 7) is 2.02. The molecule has 2 aromatic carbocycles. The van der Waals surface area contributed by atoms with Gasteiger partial charge in [-0.1, -0.05) is 17.7 Å². The lowest BCUT2D eigenvalue weighted by Gasteiger charge is -2.11. The van der Waals surface area contributed by atoms with Crippen molar-refractivity contribution in [1.82, 2.24) is 9.97 Å². The molecule has 0 spiro atoms. The van der Waals surface area contributed by atoms with Gasteiger partial charge in [-0.15, -0.1) is 0 Å². The smallest absolute Gasteiger partial charge is 0.274 e. The van der Waals surface area contributed by atoms with E-state index in [0.717, 1.165) is 5.69 Å². The molecule has 0 aliphatic carbocycles. The Morgan fingerprint density at radius 2 is 1.59 bits per heavy atom. The molecular weight excluding hydrogens is 344 g/mol. The maximum absolute atomic E-state index is 12.5. The van der Waals surface area contributed by atoms with Gasteiger partial charge in [-0.2, -0.15) is 0 Å². The molecule has 0 fully saturated rings. The van der Waals surface area contributed by atoms with Gasteiger partial charge in [0.25, 0.3) is 5.91 Å². The van der Waals surface area contributed by atoms with Crippen molar-refractivity contribution in [2.24, 2.45) is 0 Å². The summed E-state index contributed by atoms with van der Waals surface area (Å²) in [5, 5.41) is 5.95. The number of rotatable bonds is 6. The minimum absolute atomic E-state index is 0.245. The quantitative estimate of drug-likeness (QED) is 0.692. The first kappa shape index (κ1) is 18.2. The van der Waals surface area contributed by atoms with E-state index in [1.165, 1.54) is 19.0 Å². The Labute approximate surface area is 157 Å². The first-order valence-electron chi connectivity index (χ1n) is 8.28. The zero-order chi connectivity index (χ0) is 19.2. The zero-order valence-corrected chi connectivity index (χ0v) is 15.3. The summed E-state index contributed by atoms with van der Waals surface area (Å²) in [5.41, 5.74) is 2.86. The van der Waals surface area contributed by atoms with Crippen LogP contribution in [-0.4, -0.2) is 30.1 Å². The van der Waals surface area contributed by atoms with E-state index in [1.54, 1.807) is 31.4 Å². The number of aryl methyl sites for hydroxylation is 1. The Morgan fingerprint density at radius 1 is 0.889 bits per heavy atom. The molecule has 2 N–H and O–H groups in total. The van der Waals surface area contributed by atoms with E-state index in [4.69, 9.17) is 9.47 Å². The van der Waals surface area contributed by atoms with Crippen LogP contribution in [0.1, 0.15) is 16.1 Å². The van der Waals surface area contributed by atoms with Gasteiger partial charge in [0.2, 0.25) is 0 Å². The standard InChI is InChI=1S/C20H20N4O3/c1-13-4-6-14(7-5-13)23-19-11-16(21-12-22-19)20(25)24-15-8-9-17(26-2)18(10-15)27-3/h4-12H,1-3H3,(H,24,25)(H,21,22,23). The average Bonchev–Trinajstić information content (AvgIpc) is 2.70. The number of hydrogen-bond acceptors (Lipinski definition) is 6. The highest BCUT2D eigenvalue weighted by atomic mass is 16.5. The maximum Gasteiger partial charge on any atom is 0.274 e. The Bertz CT molecular complexity index is 942. The molecular formula is C20H20N4O3. The highest BCUT2D eigenvalue weighted by Gasteiger charge is 2.11. The van der Waals surface area contributed by atoms with Gasteiger partial charge in [-0.25, -0.2) is 9.97 Å². The van der Waals surface area contributed by atoms with Crippen LogP contribution in [0.2, 0.25) is 0 Å². The number of carbonyl (C=O) groups excluding carboxylic acids is 1. The van der Waals surface area contributed by atoms with Crippen LogP contribution < -0.4 is 20.1 Å². The van der Waals surface area contributed by atoms with Crippen LogP contribution in [0.25, 0.3) is 0 Å². The van der Waals surface area contributed by atoms with E-state index in [9.17, 15) is 4.79 Å². The second-order valence-corrected chi connectivity index (χ2v) is 5.80. The Morgan fingerprint density at radius 3 is 2.30 bits per heavy atom. The molecule has 1 aromatic heterocycles. The topological polar surface area (TPSA) is 85.4 Å². The molecule has 7 heteroatoms. The van der Waals surface area contributed by atoms with Crippen molar-refractivity contribution in [3.63, 3.8) is 0 Å². The van der Waals surface area contributed by atoms with Gasteiger partial charge in [0.1, 0.15) is 17.8 Å². The molecule has 0 saturated heterocycles. The monoisotopic (exact) mass is 364 g/mol. The number of aromatic nitrogens is 2. The largest absolute Gasteiger partial charge is 0.493 e. The molecule has 138 valence electrons. The Balaban J connectivity index is 1.74. The third-order valence-corrected chi connectivity index (χ3v) is 3.87. The molecule has 7 nitrogen and oxygen atoms in total. The molecule has 0 aliphatic heterocycles. The molecule has 3 aromatic rings. The lowest BCUT2D eigenvalue weighted by atomic mass is 10.2. The van der Waals surface area contributed by atoms with E-state index in [0.29, 0.717) is 23.0 Å². The minimum atomic E-state index is -0.350. The summed E-state index contributed by atoms with van der Waals surface area (Å²) in [6, 6.07) is 14.6. The van der Waals surface area contributed by atoms with Crippen molar-refractivity contribution >= 4 is 23.1 Å². The van der Waals surface area contributed by atoms with Gasteiger partial charge >= 0.3 is 0 Å². The van der Waals surface area contributed by atoms with Gasteiger partial charge in [0, 0.05) is 23.5 Å². The molecule has 0 saturated carbocycles. The molecule has 0 radical (unpaired) electrons. The molecule has 27 heavy (non-hydrogen) atoms.